The maximum absolute atomic E-state index is 10.0. The van der Waals surface area contributed by atoms with Crippen LogP contribution in [-0.4, -0.2) is 5.66 Å². The van der Waals surface area contributed by atoms with Gasteiger partial charge >= 0.3 is 0 Å². The highest BCUT2D eigenvalue weighted by Gasteiger charge is 1.98. The van der Waals surface area contributed by atoms with E-state index in [4.69, 9.17) is 0 Å². The Morgan fingerprint density at radius 3 is 2.14 bits per heavy atom. The molecule has 36 valence electrons. The third-order valence-corrected chi connectivity index (χ3v) is 1.44. The second-order valence-electron chi connectivity index (χ2n) is 1.37. The SMILES string of the molecule is O=PC1C=CC=C1. The minimum atomic E-state index is 0.153. The third-order valence-electron chi connectivity index (χ3n) is 0.849. The van der Waals surface area contributed by atoms with Crippen LogP contribution in [0.25, 0.3) is 0 Å². The zero-order chi connectivity index (χ0) is 5.11. The molecule has 0 saturated heterocycles. The average molecular weight is 112 g/mol. The van der Waals surface area contributed by atoms with Crippen molar-refractivity contribution >= 4 is 8.46 Å². The van der Waals surface area contributed by atoms with E-state index in [1.54, 1.807) is 0 Å². The lowest BCUT2D eigenvalue weighted by molar-refractivity contribution is 0.598. The zero-order valence-electron chi connectivity index (χ0n) is 3.74. The van der Waals surface area contributed by atoms with Gasteiger partial charge in [0.25, 0.3) is 0 Å². The molecular weight excluding hydrogens is 107 g/mol. The van der Waals surface area contributed by atoms with Gasteiger partial charge in [0.05, 0.1) is 5.66 Å². The van der Waals surface area contributed by atoms with Crippen LogP contribution in [0.2, 0.25) is 0 Å². The Kier molecular flexibility index (Phi) is 1.38. The average Bonchev–Trinajstić information content (AvgIpc) is 2.14. The third kappa shape index (κ3) is 0.971. The van der Waals surface area contributed by atoms with Crippen LogP contribution in [0.4, 0.5) is 0 Å². The van der Waals surface area contributed by atoms with Crippen LogP contribution >= 0.6 is 8.46 Å². The molecule has 0 radical (unpaired) electrons. The molecule has 0 unspecified atom stereocenters. The molecule has 0 bridgehead atoms. The molecule has 0 aromatic heterocycles. The van der Waals surface area contributed by atoms with E-state index in [9.17, 15) is 4.57 Å². The van der Waals surface area contributed by atoms with Gasteiger partial charge in [0, 0.05) is 0 Å². The van der Waals surface area contributed by atoms with Crippen LogP contribution in [0.5, 0.6) is 0 Å². The van der Waals surface area contributed by atoms with Crippen molar-refractivity contribution in [3.8, 4) is 0 Å². The van der Waals surface area contributed by atoms with Gasteiger partial charge in [-0.25, -0.2) is 0 Å². The molecule has 0 saturated carbocycles. The Morgan fingerprint density at radius 2 is 1.86 bits per heavy atom. The number of hydrogen-bond donors (Lipinski definition) is 0. The van der Waals surface area contributed by atoms with Crippen molar-refractivity contribution in [3.05, 3.63) is 24.3 Å². The largest absolute Gasteiger partial charge is 0.274 e. The highest BCUT2D eigenvalue weighted by Crippen LogP contribution is 2.13. The topological polar surface area (TPSA) is 17.1 Å². The van der Waals surface area contributed by atoms with E-state index in [2.05, 4.69) is 0 Å². The predicted molar refractivity (Wildman–Crippen MR) is 29.7 cm³/mol. The first-order valence-corrected chi connectivity index (χ1v) is 2.99. The van der Waals surface area contributed by atoms with Gasteiger partial charge in [-0.3, -0.25) is 4.57 Å². The molecular formula is C5H5OP. The number of hydrogen-bond acceptors (Lipinski definition) is 1. The Morgan fingerprint density at radius 1 is 1.29 bits per heavy atom. The summed E-state index contributed by atoms with van der Waals surface area (Å²) in [5.41, 5.74) is 0.153. The Balaban J connectivity index is 2.59. The summed E-state index contributed by atoms with van der Waals surface area (Å²) >= 11 is 0. The molecule has 1 aliphatic rings. The zero-order valence-corrected chi connectivity index (χ0v) is 4.64. The summed E-state index contributed by atoms with van der Waals surface area (Å²) in [5, 5.41) is 0. The van der Waals surface area contributed by atoms with Crippen molar-refractivity contribution in [1.82, 2.24) is 0 Å². The lowest BCUT2D eigenvalue weighted by Gasteiger charge is -1.81. The summed E-state index contributed by atoms with van der Waals surface area (Å²) < 4.78 is 10.0. The smallest absolute Gasteiger partial charge is 0.167 e. The molecule has 0 fully saturated rings. The van der Waals surface area contributed by atoms with Crippen molar-refractivity contribution in [2.75, 3.05) is 0 Å². The first-order valence-electron chi connectivity index (χ1n) is 2.11. The molecule has 0 amide bonds. The van der Waals surface area contributed by atoms with Gasteiger partial charge in [0.15, 0.2) is 8.46 Å². The summed E-state index contributed by atoms with van der Waals surface area (Å²) in [5.74, 6) is 0. The molecule has 7 heavy (non-hydrogen) atoms. The van der Waals surface area contributed by atoms with E-state index in [1.807, 2.05) is 24.3 Å². The van der Waals surface area contributed by atoms with E-state index in [0.717, 1.165) is 0 Å². The normalized spacial score (nSPS) is 19.4. The van der Waals surface area contributed by atoms with E-state index >= 15 is 0 Å². The Labute approximate surface area is 43.9 Å². The van der Waals surface area contributed by atoms with E-state index < -0.39 is 0 Å². The lowest BCUT2D eigenvalue weighted by atomic mass is 10.5. The van der Waals surface area contributed by atoms with Crippen molar-refractivity contribution in [3.63, 3.8) is 0 Å². The fraction of sp³-hybridized carbons (Fsp3) is 0.200. The molecule has 0 aliphatic heterocycles. The first kappa shape index (κ1) is 4.73. The van der Waals surface area contributed by atoms with Gasteiger partial charge in [-0.1, -0.05) is 24.3 Å². The Bertz CT molecular complexity index is 114. The Hall–Kier alpha value is -0.420. The second-order valence-corrected chi connectivity index (χ2v) is 2.17. The van der Waals surface area contributed by atoms with Crippen molar-refractivity contribution < 1.29 is 4.57 Å². The fourth-order valence-electron chi connectivity index (χ4n) is 0.490. The molecule has 0 atom stereocenters. The summed E-state index contributed by atoms with van der Waals surface area (Å²) in [6.45, 7) is 0. The fourth-order valence-corrected chi connectivity index (χ4v) is 0.830. The predicted octanol–water partition coefficient (Wildman–Crippen LogP) is 1.77. The number of allylic oxidation sites excluding steroid dienone is 4. The molecule has 1 rings (SSSR count). The summed E-state index contributed by atoms with van der Waals surface area (Å²) in [4.78, 5) is 0. The van der Waals surface area contributed by atoms with Crippen LogP contribution in [-0.2, 0) is 4.57 Å². The lowest BCUT2D eigenvalue weighted by Crippen LogP contribution is -1.77. The van der Waals surface area contributed by atoms with Crippen molar-refractivity contribution in [2.24, 2.45) is 0 Å². The quantitative estimate of drug-likeness (QED) is 0.472. The molecule has 0 aromatic rings. The summed E-state index contributed by atoms with van der Waals surface area (Å²) in [7, 11) is 0.198. The minimum Gasteiger partial charge on any atom is -0.274 e. The molecule has 0 spiro atoms. The summed E-state index contributed by atoms with van der Waals surface area (Å²) in [6, 6.07) is 0. The van der Waals surface area contributed by atoms with E-state index in [0.29, 0.717) is 0 Å². The minimum absolute atomic E-state index is 0.153. The van der Waals surface area contributed by atoms with Crippen LogP contribution in [0, 0.1) is 0 Å². The van der Waals surface area contributed by atoms with Gasteiger partial charge in [-0.2, -0.15) is 0 Å². The molecule has 0 heterocycles. The van der Waals surface area contributed by atoms with Crippen molar-refractivity contribution in [1.29, 1.82) is 0 Å². The van der Waals surface area contributed by atoms with Gasteiger partial charge in [0.2, 0.25) is 0 Å². The van der Waals surface area contributed by atoms with E-state index in [-0.39, 0.29) is 14.1 Å². The monoisotopic (exact) mass is 112 g/mol. The second kappa shape index (κ2) is 2.04. The molecule has 0 aromatic carbocycles. The van der Waals surface area contributed by atoms with Crippen LogP contribution in [0.1, 0.15) is 0 Å². The maximum Gasteiger partial charge on any atom is 0.167 e. The van der Waals surface area contributed by atoms with Crippen molar-refractivity contribution in [2.45, 2.75) is 5.66 Å². The van der Waals surface area contributed by atoms with Crippen LogP contribution in [0.15, 0.2) is 24.3 Å². The van der Waals surface area contributed by atoms with Crippen LogP contribution in [0.3, 0.4) is 0 Å². The standard InChI is InChI=1S/C5H5OP/c6-7-5-3-1-2-4-5/h1-5H. The number of rotatable bonds is 1. The highest BCUT2D eigenvalue weighted by molar-refractivity contribution is 7.25. The molecule has 2 heteroatoms. The highest BCUT2D eigenvalue weighted by atomic mass is 31.1. The maximum atomic E-state index is 10.0. The van der Waals surface area contributed by atoms with Gasteiger partial charge in [-0.15, -0.1) is 0 Å². The first-order chi connectivity index (χ1) is 3.43. The van der Waals surface area contributed by atoms with Gasteiger partial charge in [-0.05, 0) is 0 Å². The molecule has 1 aliphatic carbocycles. The summed E-state index contributed by atoms with van der Waals surface area (Å²) in [6.07, 6.45) is 7.59. The molecule has 0 N–H and O–H groups in total. The van der Waals surface area contributed by atoms with Crippen LogP contribution < -0.4 is 0 Å². The van der Waals surface area contributed by atoms with Gasteiger partial charge in [0.1, 0.15) is 0 Å². The molecule has 1 nitrogen and oxygen atoms in total. The van der Waals surface area contributed by atoms with E-state index in [1.165, 1.54) is 0 Å². The van der Waals surface area contributed by atoms with Gasteiger partial charge < -0.3 is 0 Å².